The second-order valence-electron chi connectivity index (χ2n) is 5.92. The maximum absolute atomic E-state index is 13.2. The first-order chi connectivity index (χ1) is 12.0. The summed E-state index contributed by atoms with van der Waals surface area (Å²) < 4.78 is 39.7. The lowest BCUT2D eigenvalue weighted by molar-refractivity contribution is -0.137. The number of carbonyl (C=O) groups excluding carboxylic acids is 1. The molecule has 1 aliphatic heterocycles. The van der Waals surface area contributed by atoms with Gasteiger partial charge in [0.25, 0.3) is 0 Å². The first-order valence-electron chi connectivity index (χ1n) is 8.06. The number of thioether (sulfide) groups is 1. The van der Waals surface area contributed by atoms with Gasteiger partial charge in [0.1, 0.15) is 0 Å². The number of rotatable bonds is 4. The summed E-state index contributed by atoms with van der Waals surface area (Å²) in [7, 11) is 0. The van der Waals surface area contributed by atoms with Gasteiger partial charge in [-0.2, -0.15) is 24.9 Å². The molecule has 1 fully saturated rings. The van der Waals surface area contributed by atoms with E-state index in [1.54, 1.807) is 12.1 Å². The van der Waals surface area contributed by atoms with Crippen LogP contribution in [0.25, 0.3) is 0 Å². The second kappa shape index (κ2) is 7.62. The molecule has 0 bridgehead atoms. The van der Waals surface area contributed by atoms with Crippen LogP contribution in [0.1, 0.15) is 27.0 Å². The molecule has 0 spiro atoms. The van der Waals surface area contributed by atoms with Crippen molar-refractivity contribution in [1.29, 1.82) is 0 Å². The van der Waals surface area contributed by atoms with E-state index in [4.69, 9.17) is 0 Å². The number of carbonyl (C=O) groups is 1. The fourth-order valence-electron chi connectivity index (χ4n) is 2.95. The van der Waals surface area contributed by atoms with Crippen molar-refractivity contribution < 1.29 is 18.0 Å². The lowest BCUT2D eigenvalue weighted by atomic mass is 9.94. The summed E-state index contributed by atoms with van der Waals surface area (Å²) in [6.45, 7) is 2.43. The van der Waals surface area contributed by atoms with E-state index in [1.165, 1.54) is 18.2 Å². The molecule has 2 aromatic carbocycles. The molecule has 0 saturated carbocycles. The molecular formula is C19H18F3NOS. The lowest BCUT2D eigenvalue weighted by Gasteiger charge is -2.27. The Balaban J connectivity index is 1.93. The summed E-state index contributed by atoms with van der Waals surface area (Å²) in [6.07, 6.45) is -4.55. The second-order valence-corrected chi connectivity index (χ2v) is 7.14. The van der Waals surface area contributed by atoms with Gasteiger partial charge in [0.15, 0.2) is 5.78 Å². The van der Waals surface area contributed by atoms with Crippen molar-refractivity contribution in [3.8, 4) is 0 Å². The van der Waals surface area contributed by atoms with Gasteiger partial charge in [-0.15, -0.1) is 0 Å². The van der Waals surface area contributed by atoms with Gasteiger partial charge < -0.3 is 0 Å². The van der Waals surface area contributed by atoms with Gasteiger partial charge >= 0.3 is 6.18 Å². The van der Waals surface area contributed by atoms with Crippen LogP contribution in [-0.4, -0.2) is 35.3 Å². The molecule has 0 atom stereocenters. The van der Waals surface area contributed by atoms with Crippen molar-refractivity contribution in [2.24, 2.45) is 0 Å². The lowest BCUT2D eigenvalue weighted by Crippen LogP contribution is -2.32. The molecule has 2 nitrogen and oxygen atoms in total. The Morgan fingerprint density at radius 1 is 0.960 bits per heavy atom. The third-order valence-corrected chi connectivity index (χ3v) is 5.18. The van der Waals surface area contributed by atoms with Crippen LogP contribution in [0.2, 0.25) is 0 Å². The van der Waals surface area contributed by atoms with Crippen molar-refractivity contribution in [2.75, 3.05) is 24.6 Å². The molecule has 132 valence electrons. The third kappa shape index (κ3) is 4.25. The van der Waals surface area contributed by atoms with Crippen LogP contribution in [0, 0.1) is 0 Å². The molecule has 25 heavy (non-hydrogen) atoms. The third-order valence-electron chi connectivity index (χ3n) is 4.24. The first kappa shape index (κ1) is 18.0. The van der Waals surface area contributed by atoms with Gasteiger partial charge in [-0.3, -0.25) is 9.69 Å². The molecule has 0 aliphatic carbocycles. The van der Waals surface area contributed by atoms with E-state index in [0.29, 0.717) is 12.1 Å². The Kier molecular flexibility index (Phi) is 5.49. The van der Waals surface area contributed by atoms with Crippen molar-refractivity contribution in [3.05, 3.63) is 70.8 Å². The van der Waals surface area contributed by atoms with Crippen molar-refractivity contribution in [1.82, 2.24) is 4.90 Å². The van der Waals surface area contributed by atoms with E-state index in [0.717, 1.165) is 36.2 Å². The summed E-state index contributed by atoms with van der Waals surface area (Å²) >= 11 is 1.89. The number of hydrogen-bond acceptors (Lipinski definition) is 3. The molecule has 1 heterocycles. The number of halogens is 3. The van der Waals surface area contributed by atoms with Gasteiger partial charge in [-0.05, 0) is 11.6 Å². The Morgan fingerprint density at radius 3 is 2.24 bits per heavy atom. The predicted octanol–water partition coefficient (Wildman–Crippen LogP) is 4.49. The molecular weight excluding hydrogens is 347 g/mol. The topological polar surface area (TPSA) is 20.3 Å². The Labute approximate surface area is 149 Å². The molecule has 0 N–H and O–H groups in total. The quantitative estimate of drug-likeness (QED) is 0.745. The van der Waals surface area contributed by atoms with Gasteiger partial charge in [0, 0.05) is 42.3 Å². The molecule has 0 unspecified atom stereocenters. The van der Waals surface area contributed by atoms with E-state index >= 15 is 0 Å². The zero-order valence-electron chi connectivity index (χ0n) is 13.6. The standard InChI is InChI=1S/C19H18F3NOS/c20-19(21,22)17-8-4-3-7-16(17)18(24)15-6-2-1-5-14(15)13-23-9-11-25-12-10-23/h1-8H,9-13H2. The minimum absolute atomic E-state index is 0.295. The highest BCUT2D eigenvalue weighted by atomic mass is 32.2. The fourth-order valence-corrected chi connectivity index (χ4v) is 3.93. The molecule has 3 rings (SSSR count). The fraction of sp³-hybridized carbons (Fsp3) is 0.316. The van der Waals surface area contributed by atoms with Crippen LogP contribution in [0.4, 0.5) is 13.2 Å². The van der Waals surface area contributed by atoms with Crippen LogP contribution in [0.3, 0.4) is 0 Å². The van der Waals surface area contributed by atoms with E-state index in [1.807, 2.05) is 23.9 Å². The number of alkyl halides is 3. The van der Waals surface area contributed by atoms with Gasteiger partial charge in [0.2, 0.25) is 0 Å². The van der Waals surface area contributed by atoms with Crippen LogP contribution in [0.5, 0.6) is 0 Å². The van der Waals surface area contributed by atoms with E-state index < -0.39 is 17.5 Å². The zero-order chi connectivity index (χ0) is 17.9. The Morgan fingerprint density at radius 2 is 1.56 bits per heavy atom. The number of ketones is 1. The van der Waals surface area contributed by atoms with Crippen molar-refractivity contribution in [3.63, 3.8) is 0 Å². The monoisotopic (exact) mass is 365 g/mol. The van der Waals surface area contributed by atoms with E-state index in [-0.39, 0.29) is 5.56 Å². The first-order valence-corrected chi connectivity index (χ1v) is 9.21. The molecule has 0 radical (unpaired) electrons. The number of benzene rings is 2. The normalized spacial score (nSPS) is 16.0. The smallest absolute Gasteiger partial charge is 0.297 e. The van der Waals surface area contributed by atoms with Gasteiger partial charge in [0.05, 0.1) is 5.56 Å². The van der Waals surface area contributed by atoms with E-state index in [2.05, 4.69) is 4.90 Å². The molecule has 0 amide bonds. The zero-order valence-corrected chi connectivity index (χ0v) is 14.4. The summed E-state index contributed by atoms with van der Waals surface area (Å²) in [5.74, 6) is 1.50. The van der Waals surface area contributed by atoms with Gasteiger partial charge in [-0.1, -0.05) is 42.5 Å². The number of hydrogen-bond donors (Lipinski definition) is 0. The highest BCUT2D eigenvalue weighted by Crippen LogP contribution is 2.33. The van der Waals surface area contributed by atoms with Crippen molar-refractivity contribution in [2.45, 2.75) is 12.7 Å². The minimum atomic E-state index is -4.55. The molecule has 1 saturated heterocycles. The van der Waals surface area contributed by atoms with Crippen LogP contribution in [-0.2, 0) is 12.7 Å². The molecule has 6 heteroatoms. The van der Waals surface area contributed by atoms with Gasteiger partial charge in [-0.25, -0.2) is 0 Å². The summed E-state index contributed by atoms with van der Waals surface area (Å²) in [5.41, 5.74) is -0.0605. The van der Waals surface area contributed by atoms with Crippen LogP contribution < -0.4 is 0 Å². The largest absolute Gasteiger partial charge is 0.417 e. The van der Waals surface area contributed by atoms with Crippen molar-refractivity contribution >= 4 is 17.5 Å². The average molecular weight is 365 g/mol. The predicted molar refractivity (Wildman–Crippen MR) is 93.9 cm³/mol. The minimum Gasteiger partial charge on any atom is -0.297 e. The molecule has 0 aromatic heterocycles. The highest BCUT2D eigenvalue weighted by molar-refractivity contribution is 7.99. The average Bonchev–Trinajstić information content (AvgIpc) is 2.62. The highest BCUT2D eigenvalue weighted by Gasteiger charge is 2.35. The molecule has 2 aromatic rings. The van der Waals surface area contributed by atoms with E-state index in [9.17, 15) is 18.0 Å². The summed E-state index contributed by atoms with van der Waals surface area (Å²) in [4.78, 5) is 15.1. The van der Waals surface area contributed by atoms with Crippen LogP contribution >= 0.6 is 11.8 Å². The maximum Gasteiger partial charge on any atom is 0.417 e. The summed E-state index contributed by atoms with van der Waals surface area (Å²) in [5, 5.41) is 0. The summed E-state index contributed by atoms with van der Waals surface area (Å²) in [6, 6.07) is 11.9. The SMILES string of the molecule is O=C(c1ccccc1CN1CCSCC1)c1ccccc1C(F)(F)F. The molecule has 1 aliphatic rings. The number of nitrogens with zero attached hydrogens (tertiary/aromatic N) is 1. The Bertz CT molecular complexity index is 754. The maximum atomic E-state index is 13.2. The Hall–Kier alpha value is -1.79. The van der Waals surface area contributed by atoms with Crippen LogP contribution in [0.15, 0.2) is 48.5 Å².